The Bertz CT molecular complexity index is 1420. The number of ketones is 1. The van der Waals surface area contributed by atoms with Crippen LogP contribution in [0.1, 0.15) is 15.9 Å². The van der Waals surface area contributed by atoms with Crippen LogP contribution in [0.25, 0.3) is 21.7 Å². The average Bonchev–Trinajstić information content (AvgIpc) is 2.79. The fourth-order valence-electron chi connectivity index (χ4n) is 3.70. The van der Waals surface area contributed by atoms with Gasteiger partial charge in [0.2, 0.25) is 0 Å². The molecule has 3 aromatic carbocycles. The number of nitrogens with one attached hydrogen (secondary N) is 1. The third-order valence-electron chi connectivity index (χ3n) is 5.21. The number of halogens is 1. The van der Waals surface area contributed by atoms with E-state index >= 15 is 0 Å². The summed E-state index contributed by atoms with van der Waals surface area (Å²) in [5.41, 5.74) is 3.21. The minimum absolute atomic E-state index is 0.0607. The molecule has 2 heterocycles. The fraction of sp³-hybridized carbons (Fsp3) is 0.0385. The van der Waals surface area contributed by atoms with Gasteiger partial charge in [-0.25, -0.2) is 4.98 Å². The van der Waals surface area contributed by atoms with Crippen molar-refractivity contribution in [1.82, 2.24) is 9.97 Å². The number of hydrogen-bond donors (Lipinski definition) is 1. The highest BCUT2D eigenvalue weighted by Gasteiger charge is 2.13. The minimum Gasteiger partial charge on any atom is -0.340 e. The fourth-order valence-corrected chi connectivity index (χ4v) is 3.89. The van der Waals surface area contributed by atoms with Gasteiger partial charge in [0.1, 0.15) is 5.82 Å². The van der Waals surface area contributed by atoms with Gasteiger partial charge in [-0.2, -0.15) is 0 Å². The topological polar surface area (TPSA) is 54.9 Å². The molecule has 0 aliphatic rings. The van der Waals surface area contributed by atoms with Gasteiger partial charge in [0.15, 0.2) is 5.78 Å². The molecule has 0 unspecified atom stereocenters. The Kier molecular flexibility index (Phi) is 5.06. The number of pyridine rings is 2. The maximum Gasteiger partial charge on any atom is 0.167 e. The summed E-state index contributed by atoms with van der Waals surface area (Å²) in [6.45, 7) is 0. The zero-order valence-corrected chi connectivity index (χ0v) is 17.3. The largest absolute Gasteiger partial charge is 0.340 e. The molecule has 0 bridgehead atoms. The van der Waals surface area contributed by atoms with E-state index in [0.717, 1.165) is 32.9 Å². The Morgan fingerprint density at radius 2 is 1.74 bits per heavy atom. The van der Waals surface area contributed by atoms with Gasteiger partial charge in [0.25, 0.3) is 0 Å². The molecule has 2 aromatic heterocycles. The van der Waals surface area contributed by atoms with E-state index in [2.05, 4.69) is 10.3 Å². The normalized spacial score (nSPS) is 11.0. The first-order valence-electron chi connectivity index (χ1n) is 9.94. The maximum atomic E-state index is 12.9. The van der Waals surface area contributed by atoms with Crippen LogP contribution in [-0.2, 0) is 6.42 Å². The predicted octanol–water partition coefficient (Wildman–Crippen LogP) is 6.61. The molecule has 150 valence electrons. The lowest BCUT2D eigenvalue weighted by Crippen LogP contribution is -2.04. The standard InChI is InChI=1S/C26H18ClN3O/c27-19-7-4-8-20(15-19)29-26-22-11-12-28-16-23(22)21-10-9-18(14-24(21)30-26)25(31)13-17-5-2-1-3-6-17/h1-12,14-16H,13H2,(H,29,30). The molecule has 5 heteroatoms. The molecule has 5 aromatic rings. The number of benzene rings is 3. The predicted molar refractivity (Wildman–Crippen MR) is 126 cm³/mol. The summed E-state index contributed by atoms with van der Waals surface area (Å²) in [5.74, 6) is 0.755. The van der Waals surface area contributed by atoms with Crippen molar-refractivity contribution >= 4 is 50.6 Å². The first-order chi connectivity index (χ1) is 15.2. The summed E-state index contributed by atoms with van der Waals surface area (Å²) in [6, 6.07) is 24.9. The van der Waals surface area contributed by atoms with Gasteiger partial charge in [0.05, 0.1) is 5.52 Å². The molecule has 0 spiro atoms. The van der Waals surface area contributed by atoms with Crippen LogP contribution in [-0.4, -0.2) is 15.8 Å². The molecular formula is C26H18ClN3O. The van der Waals surface area contributed by atoms with Crippen LogP contribution < -0.4 is 5.32 Å². The zero-order chi connectivity index (χ0) is 21.2. The van der Waals surface area contributed by atoms with Gasteiger partial charge in [0, 0.05) is 51.2 Å². The molecule has 0 amide bonds. The van der Waals surface area contributed by atoms with Crippen LogP contribution in [0.4, 0.5) is 11.5 Å². The lowest BCUT2D eigenvalue weighted by atomic mass is 10.00. The van der Waals surface area contributed by atoms with Crippen LogP contribution >= 0.6 is 11.6 Å². The molecule has 0 fully saturated rings. The molecular weight excluding hydrogens is 406 g/mol. The molecule has 0 aliphatic carbocycles. The van der Waals surface area contributed by atoms with Gasteiger partial charge < -0.3 is 5.32 Å². The van der Waals surface area contributed by atoms with Crippen LogP contribution in [0.3, 0.4) is 0 Å². The number of Topliss-reactive ketones (excluding diaryl/α,β-unsaturated/α-hetero) is 1. The molecule has 0 saturated carbocycles. The second-order valence-electron chi connectivity index (χ2n) is 7.33. The summed E-state index contributed by atoms with van der Waals surface area (Å²) >= 11 is 6.14. The first-order valence-corrected chi connectivity index (χ1v) is 10.3. The Labute approximate surface area is 184 Å². The minimum atomic E-state index is 0.0607. The van der Waals surface area contributed by atoms with Gasteiger partial charge in [-0.1, -0.05) is 60.1 Å². The van der Waals surface area contributed by atoms with Crippen LogP contribution in [0.5, 0.6) is 0 Å². The molecule has 1 N–H and O–H groups in total. The monoisotopic (exact) mass is 423 g/mol. The number of aromatic nitrogens is 2. The first kappa shape index (κ1) is 19.2. The van der Waals surface area contributed by atoms with Crippen molar-refractivity contribution in [2.24, 2.45) is 0 Å². The van der Waals surface area contributed by atoms with Crippen LogP contribution in [0.2, 0.25) is 5.02 Å². The number of fused-ring (bicyclic) bond motifs is 3. The summed E-state index contributed by atoms with van der Waals surface area (Å²) < 4.78 is 0. The molecule has 5 rings (SSSR count). The number of nitrogens with zero attached hydrogens (tertiary/aromatic N) is 2. The Morgan fingerprint density at radius 1 is 0.871 bits per heavy atom. The summed E-state index contributed by atoms with van der Waals surface area (Å²) in [7, 11) is 0. The summed E-state index contributed by atoms with van der Waals surface area (Å²) in [4.78, 5) is 22.0. The number of carbonyl (C=O) groups excluding carboxylic acids is 1. The number of hydrogen-bond acceptors (Lipinski definition) is 4. The van der Waals surface area contributed by atoms with E-state index in [4.69, 9.17) is 16.6 Å². The third-order valence-corrected chi connectivity index (χ3v) is 5.45. The highest BCUT2D eigenvalue weighted by Crippen LogP contribution is 2.31. The Hall–Kier alpha value is -3.76. The lowest BCUT2D eigenvalue weighted by Gasteiger charge is -2.12. The maximum absolute atomic E-state index is 12.9. The molecule has 0 aliphatic heterocycles. The van der Waals surface area contributed by atoms with Gasteiger partial charge in [-0.05, 0) is 35.9 Å². The van der Waals surface area contributed by atoms with Crippen molar-refractivity contribution in [2.75, 3.05) is 5.32 Å². The van der Waals surface area contributed by atoms with Crippen molar-refractivity contribution in [3.05, 3.63) is 107 Å². The molecule has 4 nitrogen and oxygen atoms in total. The van der Waals surface area contributed by atoms with Crippen molar-refractivity contribution in [1.29, 1.82) is 0 Å². The van der Waals surface area contributed by atoms with Crippen molar-refractivity contribution in [2.45, 2.75) is 6.42 Å². The van der Waals surface area contributed by atoms with E-state index in [1.54, 1.807) is 6.20 Å². The van der Waals surface area contributed by atoms with Gasteiger partial charge in [-0.15, -0.1) is 0 Å². The quantitative estimate of drug-likeness (QED) is 0.255. The van der Waals surface area contributed by atoms with Crippen LogP contribution in [0.15, 0.2) is 91.3 Å². The second-order valence-corrected chi connectivity index (χ2v) is 7.77. The van der Waals surface area contributed by atoms with E-state index in [1.807, 2.05) is 85.1 Å². The molecule has 0 atom stereocenters. The van der Waals surface area contributed by atoms with Gasteiger partial charge >= 0.3 is 0 Å². The Morgan fingerprint density at radius 3 is 2.58 bits per heavy atom. The van der Waals surface area contributed by atoms with Gasteiger partial charge in [-0.3, -0.25) is 9.78 Å². The zero-order valence-electron chi connectivity index (χ0n) is 16.5. The second kappa shape index (κ2) is 8.17. The lowest BCUT2D eigenvalue weighted by molar-refractivity contribution is 0.0993. The average molecular weight is 424 g/mol. The Balaban J connectivity index is 1.59. The SMILES string of the molecule is O=C(Cc1ccccc1)c1ccc2c(c1)nc(Nc1cccc(Cl)c1)c1ccncc12. The molecule has 31 heavy (non-hydrogen) atoms. The number of anilines is 2. The third kappa shape index (κ3) is 3.98. The van der Waals surface area contributed by atoms with E-state index in [1.165, 1.54) is 0 Å². The number of carbonyl (C=O) groups is 1. The molecule has 0 saturated heterocycles. The van der Waals surface area contributed by atoms with E-state index in [-0.39, 0.29) is 5.78 Å². The van der Waals surface area contributed by atoms with E-state index in [9.17, 15) is 4.79 Å². The van der Waals surface area contributed by atoms with Crippen molar-refractivity contribution in [3.63, 3.8) is 0 Å². The number of rotatable bonds is 5. The van der Waals surface area contributed by atoms with Crippen LogP contribution in [0, 0.1) is 0 Å². The van der Waals surface area contributed by atoms with E-state index in [0.29, 0.717) is 22.8 Å². The molecule has 0 radical (unpaired) electrons. The highest BCUT2D eigenvalue weighted by atomic mass is 35.5. The van der Waals surface area contributed by atoms with E-state index < -0.39 is 0 Å². The highest BCUT2D eigenvalue weighted by molar-refractivity contribution is 6.30. The van der Waals surface area contributed by atoms with Crippen molar-refractivity contribution in [3.8, 4) is 0 Å². The van der Waals surface area contributed by atoms with Crippen molar-refractivity contribution < 1.29 is 4.79 Å². The summed E-state index contributed by atoms with van der Waals surface area (Å²) in [5, 5.41) is 6.88. The summed E-state index contributed by atoms with van der Waals surface area (Å²) in [6.07, 6.45) is 3.93. The smallest absolute Gasteiger partial charge is 0.167 e.